The average molecular weight is 139 g/mol. The molecule has 0 amide bonds. The zero-order valence-corrected chi connectivity index (χ0v) is 6.24. The first kappa shape index (κ1) is 7.28. The predicted octanol–water partition coefficient (Wildman–Crippen LogP) is 0.899. The summed E-state index contributed by atoms with van der Waals surface area (Å²) in [6.45, 7) is 4.69. The Kier molecular flexibility index (Phi) is 2.45. The molecule has 0 fully saturated rings. The normalized spacial score (nSPS) is 18.4. The van der Waals surface area contributed by atoms with Crippen molar-refractivity contribution in [3.8, 4) is 0 Å². The maximum Gasteiger partial charge on any atom is 0.0827 e. The van der Waals surface area contributed by atoms with Crippen molar-refractivity contribution in [3.63, 3.8) is 0 Å². The minimum absolute atomic E-state index is 0.125. The Hall–Kier alpha value is -0.830. The van der Waals surface area contributed by atoms with Gasteiger partial charge in [-0.2, -0.15) is 10.5 Å². The molecule has 0 aromatic heterocycles. The fourth-order valence-electron chi connectivity index (χ4n) is 0.789. The molecule has 3 heteroatoms. The molecule has 1 radical (unpaired) electrons. The van der Waals surface area contributed by atoms with Crippen molar-refractivity contribution in [2.75, 3.05) is 6.61 Å². The number of hydrogen-bond donors (Lipinski definition) is 0. The molecule has 1 aliphatic rings. The van der Waals surface area contributed by atoms with Gasteiger partial charge in [-0.3, -0.25) is 0 Å². The molecule has 1 atom stereocenters. The van der Waals surface area contributed by atoms with E-state index in [4.69, 9.17) is 4.74 Å². The number of hydrogen-bond acceptors (Lipinski definition) is 2. The summed E-state index contributed by atoms with van der Waals surface area (Å²) in [5.41, 5.74) is 4.74. The highest BCUT2D eigenvalue weighted by atomic mass is 16.5. The minimum atomic E-state index is 0.125. The SMILES string of the molecule is CCOC(C)C1=C[N]N=C1. The van der Waals surface area contributed by atoms with Crippen LogP contribution in [0.4, 0.5) is 0 Å². The molecule has 1 heterocycles. The summed E-state index contributed by atoms with van der Waals surface area (Å²) < 4.78 is 5.31. The van der Waals surface area contributed by atoms with E-state index in [1.165, 1.54) is 0 Å². The summed E-state index contributed by atoms with van der Waals surface area (Å²) >= 11 is 0. The highest BCUT2D eigenvalue weighted by molar-refractivity contribution is 5.81. The first-order valence-corrected chi connectivity index (χ1v) is 3.39. The Morgan fingerprint density at radius 2 is 2.50 bits per heavy atom. The molecule has 0 aliphatic carbocycles. The summed E-state index contributed by atoms with van der Waals surface area (Å²) in [5.74, 6) is 0. The molecule has 1 rings (SSSR count). The van der Waals surface area contributed by atoms with Crippen molar-refractivity contribution in [1.29, 1.82) is 0 Å². The Morgan fingerprint density at radius 1 is 1.70 bits per heavy atom. The number of rotatable bonds is 3. The van der Waals surface area contributed by atoms with Gasteiger partial charge in [0.2, 0.25) is 0 Å². The lowest BCUT2D eigenvalue weighted by Gasteiger charge is -2.08. The Balaban J connectivity index is 2.40. The average Bonchev–Trinajstić information content (AvgIpc) is 2.38. The van der Waals surface area contributed by atoms with E-state index < -0.39 is 0 Å². The Bertz CT molecular complexity index is 163. The first-order chi connectivity index (χ1) is 4.84. The maximum atomic E-state index is 5.31. The molecular weight excluding hydrogens is 128 g/mol. The van der Waals surface area contributed by atoms with E-state index in [0.717, 1.165) is 12.2 Å². The van der Waals surface area contributed by atoms with Gasteiger partial charge in [0.15, 0.2) is 0 Å². The zero-order valence-electron chi connectivity index (χ0n) is 6.24. The third-order valence-electron chi connectivity index (χ3n) is 1.37. The second-order valence-corrected chi connectivity index (χ2v) is 2.09. The van der Waals surface area contributed by atoms with E-state index >= 15 is 0 Å². The van der Waals surface area contributed by atoms with Crippen molar-refractivity contribution in [1.82, 2.24) is 5.43 Å². The molecule has 3 nitrogen and oxygen atoms in total. The lowest BCUT2D eigenvalue weighted by atomic mass is 10.2. The molecule has 1 unspecified atom stereocenters. The lowest BCUT2D eigenvalue weighted by molar-refractivity contribution is 0.106. The molecule has 1 aliphatic heterocycles. The number of ether oxygens (including phenoxy) is 1. The van der Waals surface area contributed by atoms with Gasteiger partial charge in [-0.1, -0.05) is 0 Å². The topological polar surface area (TPSA) is 35.7 Å². The van der Waals surface area contributed by atoms with Crippen LogP contribution in [0.5, 0.6) is 0 Å². The summed E-state index contributed by atoms with van der Waals surface area (Å²) in [6, 6.07) is 0. The smallest absolute Gasteiger partial charge is 0.0827 e. The van der Waals surface area contributed by atoms with Gasteiger partial charge < -0.3 is 4.74 Å². The second kappa shape index (κ2) is 3.37. The van der Waals surface area contributed by atoms with E-state index in [0.29, 0.717) is 0 Å². The first-order valence-electron chi connectivity index (χ1n) is 3.39. The Labute approximate surface area is 60.8 Å². The lowest BCUT2D eigenvalue weighted by Crippen LogP contribution is -2.10. The van der Waals surface area contributed by atoms with Gasteiger partial charge in [-0.25, -0.2) is 0 Å². The largest absolute Gasteiger partial charge is 0.374 e. The van der Waals surface area contributed by atoms with Gasteiger partial charge >= 0.3 is 0 Å². The molecule has 0 aromatic carbocycles. The maximum absolute atomic E-state index is 5.31. The fraction of sp³-hybridized carbons (Fsp3) is 0.571. The van der Waals surface area contributed by atoms with Crippen LogP contribution < -0.4 is 5.43 Å². The van der Waals surface area contributed by atoms with Crippen LogP contribution in [0.2, 0.25) is 0 Å². The molecule has 10 heavy (non-hydrogen) atoms. The zero-order chi connectivity index (χ0) is 7.40. The summed E-state index contributed by atoms with van der Waals surface area (Å²) in [4.78, 5) is 0. The van der Waals surface area contributed by atoms with Crippen molar-refractivity contribution in [3.05, 3.63) is 11.8 Å². The van der Waals surface area contributed by atoms with E-state index in [1.807, 2.05) is 13.8 Å². The molecule has 0 spiro atoms. The summed E-state index contributed by atoms with van der Waals surface area (Å²) in [6.07, 6.45) is 3.57. The molecule has 0 saturated carbocycles. The van der Waals surface area contributed by atoms with Crippen LogP contribution in [-0.2, 0) is 4.74 Å². The summed E-state index contributed by atoms with van der Waals surface area (Å²) in [7, 11) is 0. The molecule has 0 saturated heterocycles. The van der Waals surface area contributed by atoms with Gasteiger partial charge in [0.05, 0.1) is 18.5 Å². The minimum Gasteiger partial charge on any atom is -0.374 e. The van der Waals surface area contributed by atoms with Crippen molar-refractivity contribution in [2.45, 2.75) is 20.0 Å². The highest BCUT2D eigenvalue weighted by Gasteiger charge is 2.08. The van der Waals surface area contributed by atoms with E-state index in [-0.39, 0.29) is 6.10 Å². The molecule has 0 bridgehead atoms. The molecular formula is C7H11N2O. The highest BCUT2D eigenvalue weighted by Crippen LogP contribution is 2.06. The van der Waals surface area contributed by atoms with Crippen LogP contribution in [0, 0.1) is 0 Å². The summed E-state index contributed by atoms with van der Waals surface area (Å²) in [5, 5.41) is 3.70. The van der Waals surface area contributed by atoms with Crippen molar-refractivity contribution >= 4 is 6.21 Å². The van der Waals surface area contributed by atoms with Crippen LogP contribution in [0.3, 0.4) is 0 Å². The van der Waals surface area contributed by atoms with E-state index in [9.17, 15) is 0 Å². The van der Waals surface area contributed by atoms with Crippen molar-refractivity contribution in [2.24, 2.45) is 5.10 Å². The van der Waals surface area contributed by atoms with Crippen LogP contribution in [0.1, 0.15) is 13.8 Å². The molecule has 0 N–H and O–H groups in total. The van der Waals surface area contributed by atoms with Crippen molar-refractivity contribution < 1.29 is 4.74 Å². The predicted molar refractivity (Wildman–Crippen MR) is 39.8 cm³/mol. The van der Waals surface area contributed by atoms with Crippen LogP contribution in [-0.4, -0.2) is 18.9 Å². The third kappa shape index (κ3) is 1.57. The van der Waals surface area contributed by atoms with Gasteiger partial charge in [-0.05, 0) is 13.8 Å². The van der Waals surface area contributed by atoms with Gasteiger partial charge in [0, 0.05) is 12.2 Å². The quantitative estimate of drug-likeness (QED) is 0.572. The van der Waals surface area contributed by atoms with E-state index in [2.05, 4.69) is 10.5 Å². The van der Waals surface area contributed by atoms with Crippen LogP contribution in [0.25, 0.3) is 0 Å². The van der Waals surface area contributed by atoms with Gasteiger partial charge in [-0.15, -0.1) is 0 Å². The standard InChI is InChI=1S/C7H11N2O/c1-3-10-6(2)7-4-8-9-5-7/h4-6H,3H2,1-2H3. The Morgan fingerprint density at radius 3 is 3.00 bits per heavy atom. The van der Waals surface area contributed by atoms with E-state index in [1.54, 1.807) is 12.4 Å². The molecule has 55 valence electrons. The van der Waals surface area contributed by atoms with Crippen LogP contribution in [0.15, 0.2) is 16.9 Å². The molecule has 0 aromatic rings. The number of nitrogens with zero attached hydrogens (tertiary/aromatic N) is 2. The van der Waals surface area contributed by atoms with Crippen LogP contribution >= 0.6 is 0 Å². The van der Waals surface area contributed by atoms with Gasteiger partial charge in [0.25, 0.3) is 0 Å². The second-order valence-electron chi connectivity index (χ2n) is 2.09. The fourth-order valence-corrected chi connectivity index (χ4v) is 0.789. The monoisotopic (exact) mass is 139 g/mol. The van der Waals surface area contributed by atoms with Gasteiger partial charge in [0.1, 0.15) is 0 Å². The third-order valence-corrected chi connectivity index (χ3v) is 1.37.